The third-order valence-electron chi connectivity index (χ3n) is 5.00. The fraction of sp³-hybridized carbons (Fsp3) is 0. The minimum absolute atomic E-state index is 0.132. The Kier molecular flexibility index (Phi) is 5.99. The Morgan fingerprint density at radius 3 is 2.59 bits per heavy atom. The van der Waals surface area contributed by atoms with Crippen LogP contribution in [0.25, 0.3) is 6.08 Å². The third kappa shape index (κ3) is 4.37. The van der Waals surface area contributed by atoms with Crippen molar-refractivity contribution in [3.8, 4) is 5.75 Å². The minimum atomic E-state index is -0.374. The molecule has 1 saturated heterocycles. The molecule has 1 fully saturated rings. The van der Waals surface area contributed by atoms with Gasteiger partial charge in [0, 0.05) is 15.1 Å². The molecule has 0 atom stereocenters. The smallest absolute Gasteiger partial charge is 0.276 e. The van der Waals surface area contributed by atoms with Crippen molar-refractivity contribution in [2.45, 2.75) is 0 Å². The second-order valence-corrected chi connectivity index (χ2v) is 9.66. The van der Waals surface area contributed by atoms with E-state index in [1.165, 1.54) is 4.90 Å². The van der Waals surface area contributed by atoms with E-state index in [1.807, 2.05) is 6.07 Å². The number of thioether (sulfide) groups is 1. The van der Waals surface area contributed by atoms with Gasteiger partial charge >= 0.3 is 0 Å². The zero-order valence-electron chi connectivity index (χ0n) is 17.2. The van der Waals surface area contributed by atoms with E-state index >= 15 is 0 Å². The van der Waals surface area contributed by atoms with Gasteiger partial charge in [0.15, 0.2) is 5.71 Å². The van der Waals surface area contributed by atoms with Gasteiger partial charge in [0.25, 0.3) is 11.8 Å². The molecule has 5 rings (SSSR count). The molecule has 2 N–H and O–H groups in total. The van der Waals surface area contributed by atoms with E-state index in [0.717, 1.165) is 21.8 Å². The SMILES string of the molecule is O=C1Nc2ccc(Br)cc2C1=NN=C1SC(=Cc2ccc(O)cc2)C(=O)N1c1cccc(Cl)c1. The van der Waals surface area contributed by atoms with Crippen LogP contribution in [0, 0.1) is 0 Å². The van der Waals surface area contributed by atoms with Crippen molar-refractivity contribution in [2.24, 2.45) is 10.2 Å². The number of benzene rings is 3. The van der Waals surface area contributed by atoms with E-state index in [9.17, 15) is 14.7 Å². The van der Waals surface area contributed by atoms with E-state index in [1.54, 1.807) is 66.7 Å². The maximum atomic E-state index is 13.3. The zero-order valence-corrected chi connectivity index (χ0v) is 20.4. The van der Waals surface area contributed by atoms with Crippen molar-refractivity contribution in [2.75, 3.05) is 10.2 Å². The summed E-state index contributed by atoms with van der Waals surface area (Å²) >= 11 is 10.7. The lowest BCUT2D eigenvalue weighted by molar-refractivity contribution is -0.113. The number of nitrogens with one attached hydrogen (secondary N) is 1. The Hall–Kier alpha value is -3.40. The average molecular weight is 554 g/mol. The average Bonchev–Trinajstić information content (AvgIpc) is 3.29. The Bertz CT molecular complexity index is 1440. The number of fused-ring (bicyclic) bond motifs is 1. The number of hydrogen-bond acceptors (Lipinski definition) is 6. The predicted molar refractivity (Wildman–Crippen MR) is 139 cm³/mol. The van der Waals surface area contributed by atoms with E-state index in [4.69, 9.17) is 11.6 Å². The van der Waals surface area contributed by atoms with Crippen LogP contribution in [0.2, 0.25) is 5.02 Å². The zero-order chi connectivity index (χ0) is 23.8. The first-order valence-electron chi connectivity index (χ1n) is 9.94. The highest BCUT2D eigenvalue weighted by atomic mass is 79.9. The second-order valence-electron chi connectivity index (χ2n) is 7.30. The molecule has 0 unspecified atom stereocenters. The van der Waals surface area contributed by atoms with E-state index in [-0.39, 0.29) is 28.4 Å². The molecule has 168 valence electrons. The van der Waals surface area contributed by atoms with Crippen LogP contribution in [0.3, 0.4) is 0 Å². The van der Waals surface area contributed by atoms with Crippen molar-refractivity contribution in [3.05, 3.63) is 92.3 Å². The van der Waals surface area contributed by atoms with Gasteiger partial charge in [-0.25, -0.2) is 0 Å². The summed E-state index contributed by atoms with van der Waals surface area (Å²) in [7, 11) is 0. The number of halogens is 2. The number of hydrogen-bond donors (Lipinski definition) is 2. The van der Waals surface area contributed by atoms with Crippen molar-refractivity contribution in [3.63, 3.8) is 0 Å². The fourth-order valence-corrected chi connectivity index (χ4v) is 4.90. The van der Waals surface area contributed by atoms with Gasteiger partial charge in [0.2, 0.25) is 5.17 Å². The number of phenolic OH excluding ortho intramolecular Hbond substituents is 1. The maximum Gasteiger partial charge on any atom is 0.276 e. The number of amides is 2. The maximum absolute atomic E-state index is 13.3. The van der Waals surface area contributed by atoms with Crippen molar-refractivity contribution in [1.82, 2.24) is 0 Å². The van der Waals surface area contributed by atoms with Gasteiger partial charge in [0.05, 0.1) is 16.3 Å². The Morgan fingerprint density at radius 1 is 1.03 bits per heavy atom. The molecule has 10 heteroatoms. The first-order valence-corrected chi connectivity index (χ1v) is 11.9. The van der Waals surface area contributed by atoms with Crippen LogP contribution < -0.4 is 10.2 Å². The van der Waals surface area contributed by atoms with Crippen LogP contribution in [0.15, 0.2) is 86.3 Å². The fourth-order valence-electron chi connectivity index (χ4n) is 3.42. The number of rotatable bonds is 3. The Morgan fingerprint density at radius 2 is 1.82 bits per heavy atom. The van der Waals surface area contributed by atoms with Crippen molar-refractivity contribution in [1.29, 1.82) is 0 Å². The summed E-state index contributed by atoms with van der Waals surface area (Å²) in [5.41, 5.74) is 2.67. The van der Waals surface area contributed by atoms with Gasteiger partial charge in [-0.05, 0) is 71.9 Å². The first kappa shape index (κ1) is 22.4. The molecule has 2 aliphatic rings. The predicted octanol–water partition coefficient (Wildman–Crippen LogP) is 5.64. The lowest BCUT2D eigenvalue weighted by Gasteiger charge is -2.15. The van der Waals surface area contributed by atoms with Gasteiger partial charge in [0.1, 0.15) is 5.75 Å². The lowest BCUT2D eigenvalue weighted by Crippen LogP contribution is -2.28. The summed E-state index contributed by atoms with van der Waals surface area (Å²) in [6.45, 7) is 0. The standard InChI is InChI=1S/C24H14BrClN4O3S/c25-14-6-9-19-18(11-14)21(22(32)27-19)28-29-24-30(16-3-1-2-15(26)12-16)23(33)20(34-24)10-13-4-7-17(31)8-5-13/h1-12,31H,(H,27,28,32). The molecule has 0 aromatic heterocycles. The molecule has 2 aliphatic heterocycles. The number of anilines is 2. The monoisotopic (exact) mass is 552 g/mol. The summed E-state index contributed by atoms with van der Waals surface area (Å²) < 4.78 is 0.799. The Balaban J connectivity index is 1.58. The molecule has 2 amide bonds. The van der Waals surface area contributed by atoms with Gasteiger partial charge in [-0.1, -0.05) is 45.7 Å². The van der Waals surface area contributed by atoms with Crippen LogP contribution >= 0.6 is 39.3 Å². The quantitative estimate of drug-likeness (QED) is 0.324. The van der Waals surface area contributed by atoms with Crippen LogP contribution in [-0.2, 0) is 9.59 Å². The molecule has 3 aromatic carbocycles. The molecule has 0 spiro atoms. The molecule has 0 aliphatic carbocycles. The van der Waals surface area contributed by atoms with Crippen LogP contribution in [0.4, 0.5) is 11.4 Å². The van der Waals surface area contributed by atoms with E-state index in [2.05, 4.69) is 31.4 Å². The normalized spacial score (nSPS) is 18.8. The third-order valence-corrected chi connectivity index (χ3v) is 6.69. The molecule has 3 aromatic rings. The summed E-state index contributed by atoms with van der Waals surface area (Å²) in [4.78, 5) is 27.6. The highest BCUT2D eigenvalue weighted by Gasteiger charge is 2.35. The highest BCUT2D eigenvalue weighted by molar-refractivity contribution is 9.10. The topological polar surface area (TPSA) is 94.4 Å². The second kappa shape index (κ2) is 9.09. The summed E-state index contributed by atoms with van der Waals surface area (Å²) in [6, 6.07) is 18.7. The van der Waals surface area contributed by atoms with Crippen LogP contribution in [-0.4, -0.2) is 27.8 Å². The minimum Gasteiger partial charge on any atom is -0.508 e. The number of amidine groups is 1. The first-order chi connectivity index (χ1) is 16.4. The molecular weight excluding hydrogens is 540 g/mol. The summed E-state index contributed by atoms with van der Waals surface area (Å²) in [6.07, 6.45) is 1.70. The molecule has 2 heterocycles. The van der Waals surface area contributed by atoms with Gasteiger partial charge in [-0.3, -0.25) is 14.5 Å². The number of nitrogens with zero attached hydrogens (tertiary/aromatic N) is 3. The largest absolute Gasteiger partial charge is 0.508 e. The van der Waals surface area contributed by atoms with Crippen LogP contribution in [0.1, 0.15) is 11.1 Å². The van der Waals surface area contributed by atoms with Gasteiger partial charge in [-0.15, -0.1) is 10.2 Å². The number of aromatic hydroxyl groups is 1. The highest BCUT2D eigenvalue weighted by Crippen LogP contribution is 2.37. The number of carbonyl (C=O) groups is 2. The van der Waals surface area contributed by atoms with Gasteiger partial charge < -0.3 is 10.4 Å². The molecule has 7 nitrogen and oxygen atoms in total. The number of carbonyl (C=O) groups excluding carboxylic acids is 2. The summed E-state index contributed by atoms with van der Waals surface area (Å²) in [5, 5.41) is 21.5. The molecular formula is C24H14BrClN4O3S. The number of phenols is 1. The molecule has 0 saturated carbocycles. The molecule has 0 radical (unpaired) electrons. The van der Waals surface area contributed by atoms with E-state index in [0.29, 0.717) is 26.9 Å². The summed E-state index contributed by atoms with van der Waals surface area (Å²) in [5.74, 6) is -0.549. The Labute approximate surface area is 212 Å². The van der Waals surface area contributed by atoms with E-state index < -0.39 is 0 Å². The van der Waals surface area contributed by atoms with Crippen molar-refractivity contribution < 1.29 is 14.7 Å². The van der Waals surface area contributed by atoms with Crippen LogP contribution in [0.5, 0.6) is 5.75 Å². The molecule has 34 heavy (non-hydrogen) atoms. The van der Waals surface area contributed by atoms with Gasteiger partial charge in [-0.2, -0.15) is 0 Å². The van der Waals surface area contributed by atoms with Crippen molar-refractivity contribution >= 4 is 79.4 Å². The molecule has 0 bridgehead atoms. The lowest BCUT2D eigenvalue weighted by atomic mass is 10.1.